The Hall–Kier alpha value is -3.63. The molecule has 1 aromatic carbocycles. The normalized spacial score (nSPS) is 19.4. The van der Waals surface area contributed by atoms with Crippen molar-refractivity contribution < 1.29 is 19.2 Å². The van der Waals surface area contributed by atoms with Gasteiger partial charge in [-0.1, -0.05) is 34.1 Å². The van der Waals surface area contributed by atoms with Gasteiger partial charge in [-0.2, -0.15) is 0 Å². The van der Waals surface area contributed by atoms with Gasteiger partial charge in [-0.25, -0.2) is 4.79 Å². The number of nitrogens with zero attached hydrogens (tertiary/aromatic N) is 2. The molecule has 4 amide bonds. The van der Waals surface area contributed by atoms with Crippen LogP contribution in [0.4, 0.5) is 0 Å². The lowest BCUT2D eigenvalue weighted by Crippen LogP contribution is -2.50. The molecule has 11 heteroatoms. The van der Waals surface area contributed by atoms with Crippen molar-refractivity contribution in [2.24, 2.45) is 11.8 Å². The number of aromatic amines is 1. The van der Waals surface area contributed by atoms with E-state index in [1.165, 1.54) is 0 Å². The molecule has 0 saturated carbocycles. The molecule has 11 nitrogen and oxygen atoms in total. The summed E-state index contributed by atoms with van der Waals surface area (Å²) in [5.74, 6) is -0.353. The quantitative estimate of drug-likeness (QED) is 0.437. The van der Waals surface area contributed by atoms with Crippen LogP contribution in [0.25, 0.3) is 11.0 Å². The van der Waals surface area contributed by atoms with Gasteiger partial charge >= 0.3 is 5.69 Å². The number of aromatic nitrogens is 2. The predicted molar refractivity (Wildman–Crippen MR) is 158 cm³/mol. The van der Waals surface area contributed by atoms with Gasteiger partial charge in [0.25, 0.3) is 5.91 Å². The molecule has 0 fully saturated rings. The molecule has 0 spiro atoms. The molecule has 226 valence electrons. The van der Waals surface area contributed by atoms with Crippen LogP contribution in [0.3, 0.4) is 0 Å². The highest BCUT2D eigenvalue weighted by Crippen LogP contribution is 2.15. The number of benzene rings is 1. The highest BCUT2D eigenvalue weighted by Gasteiger charge is 2.26. The van der Waals surface area contributed by atoms with Crippen LogP contribution in [-0.4, -0.2) is 70.3 Å². The van der Waals surface area contributed by atoms with Gasteiger partial charge in [-0.15, -0.1) is 0 Å². The van der Waals surface area contributed by atoms with Gasteiger partial charge < -0.3 is 25.8 Å². The summed E-state index contributed by atoms with van der Waals surface area (Å²) in [5, 5.41) is 8.72. The second kappa shape index (κ2) is 15.4. The Bertz CT molecular complexity index is 1270. The number of carbonyl (C=O) groups excluding carboxylic acids is 4. The molecule has 0 aliphatic carbocycles. The molecule has 2 bridgehead atoms. The summed E-state index contributed by atoms with van der Waals surface area (Å²) in [5.41, 5.74) is 1.40. The van der Waals surface area contributed by atoms with Crippen molar-refractivity contribution in [1.82, 2.24) is 30.4 Å². The molecule has 3 rings (SSSR count). The molecule has 2 heterocycles. The largest absolute Gasteiger partial charge is 0.354 e. The summed E-state index contributed by atoms with van der Waals surface area (Å²) >= 11 is 0. The lowest BCUT2D eigenvalue weighted by atomic mass is 9.98. The number of carbonyl (C=O) groups is 4. The van der Waals surface area contributed by atoms with E-state index >= 15 is 0 Å². The van der Waals surface area contributed by atoms with Crippen molar-refractivity contribution in [3.05, 3.63) is 34.2 Å². The molecule has 1 aliphatic rings. The molecular weight excluding hydrogens is 524 g/mol. The number of hydrogen-bond acceptors (Lipinski definition) is 5. The average Bonchev–Trinajstić information content (AvgIpc) is 3.26. The minimum atomic E-state index is -0.666. The highest BCUT2D eigenvalue weighted by molar-refractivity contribution is 5.97. The Morgan fingerprint density at radius 1 is 0.976 bits per heavy atom. The van der Waals surface area contributed by atoms with E-state index in [0.29, 0.717) is 80.9 Å². The summed E-state index contributed by atoms with van der Waals surface area (Å²) < 4.78 is 1.56. The zero-order valence-electron chi connectivity index (χ0n) is 24.9. The van der Waals surface area contributed by atoms with Crippen molar-refractivity contribution in [3.63, 3.8) is 0 Å². The van der Waals surface area contributed by atoms with Crippen LogP contribution in [0, 0.1) is 11.8 Å². The Labute approximate surface area is 241 Å². The SMILES string of the molecule is CC[C@H](C)[C@@H]1NC(=O)CCCN(C(=O)CCC(C)C)CCCNC(=O)c2ccc3[nH]c(=O)n(c3c2)CCCNC1=O. The molecule has 41 heavy (non-hydrogen) atoms. The third-order valence-electron chi connectivity index (χ3n) is 7.72. The van der Waals surface area contributed by atoms with Crippen molar-refractivity contribution in [2.75, 3.05) is 26.2 Å². The number of imidazole rings is 1. The van der Waals surface area contributed by atoms with E-state index in [9.17, 15) is 24.0 Å². The van der Waals surface area contributed by atoms with Crippen LogP contribution < -0.4 is 21.6 Å². The third kappa shape index (κ3) is 9.19. The molecule has 4 N–H and O–H groups in total. The van der Waals surface area contributed by atoms with Gasteiger partial charge in [0.05, 0.1) is 11.0 Å². The average molecular weight is 571 g/mol. The molecule has 2 atom stereocenters. The second-order valence-electron chi connectivity index (χ2n) is 11.4. The zero-order valence-corrected chi connectivity index (χ0v) is 24.9. The maximum atomic E-state index is 13.0. The fourth-order valence-electron chi connectivity index (χ4n) is 4.96. The Kier molecular flexibility index (Phi) is 12.0. The first kappa shape index (κ1) is 31.9. The van der Waals surface area contributed by atoms with E-state index < -0.39 is 6.04 Å². The molecule has 2 aromatic rings. The number of amides is 4. The van der Waals surface area contributed by atoms with Crippen molar-refractivity contribution in [2.45, 2.75) is 85.2 Å². The number of fused-ring (bicyclic) bond motifs is 1. The zero-order chi connectivity index (χ0) is 29.9. The Balaban J connectivity index is 1.81. The molecule has 0 unspecified atom stereocenters. The first-order chi connectivity index (χ1) is 19.6. The first-order valence-corrected chi connectivity index (χ1v) is 15.0. The monoisotopic (exact) mass is 570 g/mol. The van der Waals surface area contributed by atoms with Crippen molar-refractivity contribution in [1.29, 1.82) is 0 Å². The standard InChI is InChI=1S/C30H46N6O5/c1-5-21(4)27-29(40)32-15-8-18-36-24-19-22(11-12-23(24)33-30(36)41)28(39)31-14-7-17-35(16-6-9-25(37)34-27)26(38)13-10-20(2)3/h11-12,19-21,27H,5-10,13-18H2,1-4H3,(H,31,39)(H,32,40)(H,33,41)(H,34,37)/t21-,27-/m0/s1. The summed E-state index contributed by atoms with van der Waals surface area (Å²) in [6, 6.07) is 4.42. The summed E-state index contributed by atoms with van der Waals surface area (Å²) in [6.45, 7) is 10.0. The predicted octanol–water partition coefficient (Wildman–Crippen LogP) is 2.55. The first-order valence-electron chi connectivity index (χ1n) is 15.0. The summed E-state index contributed by atoms with van der Waals surface area (Å²) in [4.78, 5) is 68.9. The second-order valence-corrected chi connectivity index (χ2v) is 11.4. The third-order valence-corrected chi connectivity index (χ3v) is 7.72. The number of rotatable bonds is 5. The fourth-order valence-corrected chi connectivity index (χ4v) is 4.96. The van der Waals surface area contributed by atoms with Gasteiger partial charge in [0.1, 0.15) is 6.04 Å². The van der Waals surface area contributed by atoms with Crippen LogP contribution in [-0.2, 0) is 20.9 Å². The van der Waals surface area contributed by atoms with Gasteiger partial charge in [-0.3, -0.25) is 23.7 Å². The topological polar surface area (TPSA) is 145 Å². The number of aryl methyl sites for hydroxylation is 1. The van der Waals surface area contributed by atoms with Crippen molar-refractivity contribution in [3.8, 4) is 0 Å². The van der Waals surface area contributed by atoms with E-state index in [0.717, 1.165) is 12.8 Å². The van der Waals surface area contributed by atoms with Crippen LogP contribution in [0.5, 0.6) is 0 Å². The van der Waals surface area contributed by atoms with Gasteiger partial charge in [0.2, 0.25) is 17.7 Å². The summed E-state index contributed by atoms with van der Waals surface area (Å²) in [6.07, 6.45) is 3.68. The number of H-pyrrole nitrogens is 1. The van der Waals surface area contributed by atoms with Gasteiger partial charge in [-0.05, 0) is 55.7 Å². The maximum Gasteiger partial charge on any atom is 0.326 e. The number of nitrogens with one attached hydrogen (secondary N) is 4. The minimum absolute atomic E-state index is 0.0385. The van der Waals surface area contributed by atoms with Crippen molar-refractivity contribution >= 4 is 34.7 Å². The Morgan fingerprint density at radius 3 is 2.41 bits per heavy atom. The van der Waals surface area contributed by atoms with E-state index in [1.54, 1.807) is 27.7 Å². The van der Waals surface area contributed by atoms with Crippen LogP contribution in [0.2, 0.25) is 0 Å². The van der Waals surface area contributed by atoms with Gasteiger partial charge in [0.15, 0.2) is 0 Å². The van der Waals surface area contributed by atoms with Crippen LogP contribution in [0.1, 0.15) is 83.0 Å². The lowest BCUT2D eigenvalue weighted by Gasteiger charge is -2.25. The minimum Gasteiger partial charge on any atom is -0.354 e. The van der Waals surface area contributed by atoms with Crippen LogP contribution >= 0.6 is 0 Å². The van der Waals surface area contributed by atoms with E-state index in [4.69, 9.17) is 0 Å². The Morgan fingerprint density at radius 2 is 1.68 bits per heavy atom. The van der Waals surface area contributed by atoms with Gasteiger partial charge in [0, 0.05) is 51.1 Å². The molecule has 1 aromatic heterocycles. The fraction of sp³-hybridized carbons (Fsp3) is 0.633. The number of hydrogen-bond donors (Lipinski definition) is 4. The maximum absolute atomic E-state index is 13.0. The summed E-state index contributed by atoms with van der Waals surface area (Å²) in [7, 11) is 0. The molecule has 0 saturated heterocycles. The molecular formula is C30H46N6O5. The van der Waals surface area contributed by atoms with E-state index in [1.807, 2.05) is 13.8 Å². The van der Waals surface area contributed by atoms with E-state index in [-0.39, 0.29) is 41.7 Å². The van der Waals surface area contributed by atoms with Crippen LogP contribution in [0.15, 0.2) is 23.0 Å². The highest BCUT2D eigenvalue weighted by atomic mass is 16.2. The molecule has 0 radical (unpaired) electrons. The lowest BCUT2D eigenvalue weighted by molar-refractivity contribution is -0.132. The molecule has 1 aliphatic heterocycles. The smallest absolute Gasteiger partial charge is 0.326 e. The van der Waals surface area contributed by atoms with E-state index in [2.05, 4.69) is 34.8 Å².